The zero-order valence-corrected chi connectivity index (χ0v) is 13.8. The van der Waals surface area contributed by atoms with Crippen molar-refractivity contribution < 1.29 is 14.7 Å². The molecule has 0 atom stereocenters. The van der Waals surface area contributed by atoms with Gasteiger partial charge >= 0.3 is 5.97 Å². The number of carbonyl (C=O) groups is 2. The molecular weight excluding hydrogens is 266 g/mol. The molecule has 0 bridgehead atoms. The number of hydrogen-bond donors (Lipinski definition) is 2. The van der Waals surface area contributed by atoms with Gasteiger partial charge in [-0.15, -0.1) is 0 Å². The molecule has 4 heteroatoms. The average molecular weight is 297 g/mol. The van der Waals surface area contributed by atoms with Crippen molar-refractivity contribution in [3.63, 3.8) is 0 Å². The Morgan fingerprint density at radius 3 is 2.19 bits per heavy atom. The molecule has 0 radical (unpaired) electrons. The van der Waals surface area contributed by atoms with Crippen LogP contribution < -0.4 is 5.32 Å². The molecule has 2 N–H and O–H groups in total. The molecule has 1 saturated carbocycles. The fraction of sp³-hybridized carbons (Fsp3) is 0.882. The molecule has 0 aromatic carbocycles. The number of hydrogen-bond acceptors (Lipinski definition) is 2. The van der Waals surface area contributed by atoms with Crippen molar-refractivity contribution >= 4 is 11.9 Å². The topological polar surface area (TPSA) is 66.4 Å². The third kappa shape index (κ3) is 5.33. The standard InChI is InChI=1S/C17H31NO3/c1-4-17(5-2,16(20)21)12-15(19)18-11-10-14-8-6-13(3)7-9-14/h13-14H,4-12H2,1-3H3,(H,18,19)(H,20,21). The molecule has 0 heterocycles. The highest BCUT2D eigenvalue weighted by atomic mass is 16.4. The van der Waals surface area contributed by atoms with Crippen molar-refractivity contribution in [2.24, 2.45) is 17.3 Å². The van der Waals surface area contributed by atoms with Gasteiger partial charge < -0.3 is 10.4 Å². The molecule has 122 valence electrons. The van der Waals surface area contributed by atoms with Gasteiger partial charge in [-0.05, 0) is 31.1 Å². The van der Waals surface area contributed by atoms with E-state index < -0.39 is 11.4 Å². The molecular formula is C17H31NO3. The van der Waals surface area contributed by atoms with Crippen LogP contribution in [-0.2, 0) is 9.59 Å². The van der Waals surface area contributed by atoms with Gasteiger partial charge in [-0.1, -0.05) is 46.5 Å². The summed E-state index contributed by atoms with van der Waals surface area (Å²) in [6, 6.07) is 0. The minimum absolute atomic E-state index is 0.0943. The van der Waals surface area contributed by atoms with E-state index in [-0.39, 0.29) is 12.3 Å². The van der Waals surface area contributed by atoms with E-state index in [9.17, 15) is 14.7 Å². The van der Waals surface area contributed by atoms with E-state index in [0.29, 0.717) is 19.4 Å². The molecule has 1 rings (SSSR count). The Bertz CT molecular complexity index is 342. The van der Waals surface area contributed by atoms with Gasteiger partial charge in [0.2, 0.25) is 5.91 Å². The van der Waals surface area contributed by atoms with Crippen LogP contribution in [-0.4, -0.2) is 23.5 Å². The highest BCUT2D eigenvalue weighted by Gasteiger charge is 2.37. The summed E-state index contributed by atoms with van der Waals surface area (Å²) in [5.74, 6) is 0.596. The molecule has 0 spiro atoms. The molecule has 0 unspecified atom stereocenters. The summed E-state index contributed by atoms with van der Waals surface area (Å²) in [5, 5.41) is 12.3. The quantitative estimate of drug-likeness (QED) is 0.719. The number of aliphatic carboxylic acids is 1. The molecule has 0 saturated heterocycles. The van der Waals surface area contributed by atoms with Crippen LogP contribution in [0.3, 0.4) is 0 Å². The van der Waals surface area contributed by atoms with E-state index in [1.165, 1.54) is 25.7 Å². The molecule has 21 heavy (non-hydrogen) atoms. The van der Waals surface area contributed by atoms with Gasteiger partial charge in [0, 0.05) is 13.0 Å². The van der Waals surface area contributed by atoms with Gasteiger partial charge in [-0.25, -0.2) is 0 Å². The van der Waals surface area contributed by atoms with E-state index in [4.69, 9.17) is 0 Å². The second-order valence-corrected chi connectivity index (χ2v) is 6.73. The molecule has 1 aliphatic rings. The van der Waals surface area contributed by atoms with Crippen LogP contribution in [0.15, 0.2) is 0 Å². The maximum Gasteiger partial charge on any atom is 0.310 e. The molecule has 0 aliphatic heterocycles. The Hall–Kier alpha value is -1.06. The SMILES string of the molecule is CCC(CC)(CC(=O)NCCC1CCC(C)CC1)C(=O)O. The lowest BCUT2D eigenvalue weighted by atomic mass is 9.79. The van der Waals surface area contributed by atoms with Crippen molar-refractivity contribution in [2.45, 2.75) is 72.1 Å². The highest BCUT2D eigenvalue weighted by molar-refractivity contribution is 5.84. The Balaban J connectivity index is 2.32. The van der Waals surface area contributed by atoms with Crippen LogP contribution in [0.25, 0.3) is 0 Å². The second-order valence-electron chi connectivity index (χ2n) is 6.73. The minimum atomic E-state index is -0.898. The predicted molar refractivity (Wildman–Crippen MR) is 84.0 cm³/mol. The Morgan fingerprint density at radius 1 is 1.14 bits per heavy atom. The van der Waals surface area contributed by atoms with Crippen LogP contribution in [0.5, 0.6) is 0 Å². The number of carboxylic acid groups (broad SMARTS) is 1. The molecule has 0 aromatic rings. The van der Waals surface area contributed by atoms with Gasteiger partial charge in [-0.2, -0.15) is 0 Å². The van der Waals surface area contributed by atoms with Gasteiger partial charge in [0.15, 0.2) is 0 Å². The lowest BCUT2D eigenvalue weighted by molar-refractivity contribution is -0.152. The fourth-order valence-electron chi connectivity index (χ4n) is 3.28. The monoisotopic (exact) mass is 297 g/mol. The van der Waals surface area contributed by atoms with E-state index in [2.05, 4.69) is 12.2 Å². The molecule has 0 aromatic heterocycles. The van der Waals surface area contributed by atoms with Crippen LogP contribution in [0.1, 0.15) is 72.1 Å². The van der Waals surface area contributed by atoms with Gasteiger partial charge in [0.25, 0.3) is 0 Å². The second kappa shape index (κ2) is 8.40. The van der Waals surface area contributed by atoms with Crippen molar-refractivity contribution in [2.75, 3.05) is 6.54 Å². The predicted octanol–water partition coefficient (Wildman–Crippen LogP) is 3.60. The summed E-state index contributed by atoms with van der Waals surface area (Å²) < 4.78 is 0. The highest BCUT2D eigenvalue weighted by Crippen LogP contribution is 2.31. The Morgan fingerprint density at radius 2 is 1.71 bits per heavy atom. The lowest BCUT2D eigenvalue weighted by Gasteiger charge is -2.27. The average Bonchev–Trinajstić information content (AvgIpc) is 2.46. The summed E-state index contributed by atoms with van der Waals surface area (Å²) in [4.78, 5) is 23.4. The van der Waals surface area contributed by atoms with E-state index in [1.807, 2.05) is 13.8 Å². The first-order valence-corrected chi connectivity index (χ1v) is 8.43. The number of carbonyl (C=O) groups excluding carboxylic acids is 1. The largest absolute Gasteiger partial charge is 0.481 e. The molecule has 4 nitrogen and oxygen atoms in total. The van der Waals surface area contributed by atoms with Crippen LogP contribution >= 0.6 is 0 Å². The minimum Gasteiger partial charge on any atom is -0.481 e. The number of carboxylic acids is 1. The summed E-state index contributed by atoms with van der Waals surface area (Å²) in [6.07, 6.45) is 7.23. The summed E-state index contributed by atoms with van der Waals surface area (Å²) >= 11 is 0. The van der Waals surface area contributed by atoms with E-state index in [0.717, 1.165) is 18.3 Å². The summed E-state index contributed by atoms with van der Waals surface area (Å²) in [5.41, 5.74) is -0.898. The fourth-order valence-corrected chi connectivity index (χ4v) is 3.28. The van der Waals surface area contributed by atoms with Crippen molar-refractivity contribution in [3.05, 3.63) is 0 Å². The Kier molecular flexibility index (Phi) is 7.20. The third-order valence-corrected chi connectivity index (χ3v) is 5.32. The van der Waals surface area contributed by atoms with Crippen LogP contribution in [0.4, 0.5) is 0 Å². The summed E-state index contributed by atoms with van der Waals surface area (Å²) in [7, 11) is 0. The van der Waals surface area contributed by atoms with Crippen LogP contribution in [0, 0.1) is 17.3 Å². The lowest BCUT2D eigenvalue weighted by Crippen LogP contribution is -2.37. The molecule has 1 amide bonds. The molecule has 1 fully saturated rings. The van der Waals surface area contributed by atoms with Crippen LogP contribution in [0.2, 0.25) is 0 Å². The zero-order valence-electron chi connectivity index (χ0n) is 13.8. The zero-order chi connectivity index (χ0) is 15.9. The summed E-state index contributed by atoms with van der Waals surface area (Å²) in [6.45, 7) is 6.67. The van der Waals surface area contributed by atoms with Gasteiger partial charge in [0.1, 0.15) is 0 Å². The Labute approximate surface area is 128 Å². The van der Waals surface area contributed by atoms with Crippen molar-refractivity contribution in [3.8, 4) is 0 Å². The first kappa shape index (κ1) is 18.0. The maximum atomic E-state index is 12.0. The maximum absolute atomic E-state index is 12.0. The van der Waals surface area contributed by atoms with Crippen molar-refractivity contribution in [1.82, 2.24) is 5.32 Å². The first-order chi connectivity index (χ1) is 9.93. The third-order valence-electron chi connectivity index (χ3n) is 5.32. The van der Waals surface area contributed by atoms with Crippen molar-refractivity contribution in [1.29, 1.82) is 0 Å². The van der Waals surface area contributed by atoms with Gasteiger partial charge in [0.05, 0.1) is 5.41 Å². The molecule has 1 aliphatic carbocycles. The van der Waals surface area contributed by atoms with Gasteiger partial charge in [-0.3, -0.25) is 9.59 Å². The smallest absolute Gasteiger partial charge is 0.310 e. The number of nitrogens with one attached hydrogen (secondary N) is 1. The number of rotatable bonds is 8. The van der Waals surface area contributed by atoms with E-state index in [1.54, 1.807) is 0 Å². The normalized spacial score (nSPS) is 22.8. The van der Waals surface area contributed by atoms with E-state index >= 15 is 0 Å². The number of amides is 1. The first-order valence-electron chi connectivity index (χ1n) is 8.43.